The molecule has 0 amide bonds. The van der Waals surface area contributed by atoms with E-state index in [0.717, 1.165) is 34.7 Å². The molecule has 0 aliphatic rings. The summed E-state index contributed by atoms with van der Waals surface area (Å²) in [7, 11) is 1.64. The maximum absolute atomic E-state index is 5.27. The summed E-state index contributed by atoms with van der Waals surface area (Å²) in [4.78, 5) is 8.57. The molecular formula is C14H17BrN4O. The van der Waals surface area contributed by atoms with Crippen molar-refractivity contribution in [2.75, 3.05) is 24.3 Å². The van der Waals surface area contributed by atoms with E-state index in [4.69, 9.17) is 4.74 Å². The van der Waals surface area contributed by atoms with Crippen LogP contribution in [0.3, 0.4) is 0 Å². The zero-order valence-corrected chi connectivity index (χ0v) is 13.1. The molecule has 0 bridgehead atoms. The fourth-order valence-electron chi connectivity index (χ4n) is 1.64. The molecule has 2 aromatic rings. The molecule has 0 aliphatic carbocycles. The van der Waals surface area contributed by atoms with Gasteiger partial charge in [-0.3, -0.25) is 0 Å². The van der Waals surface area contributed by atoms with Crippen LogP contribution < -0.4 is 15.4 Å². The van der Waals surface area contributed by atoms with Crippen LogP contribution in [-0.2, 0) is 0 Å². The topological polar surface area (TPSA) is 59.1 Å². The molecule has 1 heterocycles. The number of rotatable bonds is 6. The molecule has 6 heteroatoms. The SMILES string of the molecule is CCCNc1nccc(Nc2ccc(Br)c(OC)c2)n1. The van der Waals surface area contributed by atoms with E-state index < -0.39 is 0 Å². The fraction of sp³-hybridized carbons (Fsp3) is 0.286. The van der Waals surface area contributed by atoms with E-state index in [9.17, 15) is 0 Å². The summed E-state index contributed by atoms with van der Waals surface area (Å²) in [6.07, 6.45) is 2.76. The van der Waals surface area contributed by atoms with Crippen molar-refractivity contribution in [3.8, 4) is 5.75 Å². The van der Waals surface area contributed by atoms with Crippen molar-refractivity contribution in [3.63, 3.8) is 0 Å². The van der Waals surface area contributed by atoms with Crippen molar-refractivity contribution in [3.05, 3.63) is 34.9 Å². The molecule has 1 aromatic carbocycles. The molecule has 0 saturated heterocycles. The normalized spacial score (nSPS) is 10.2. The average molecular weight is 337 g/mol. The number of hydrogen-bond acceptors (Lipinski definition) is 5. The molecule has 106 valence electrons. The lowest BCUT2D eigenvalue weighted by Crippen LogP contribution is -2.05. The molecule has 2 N–H and O–H groups in total. The average Bonchev–Trinajstić information content (AvgIpc) is 2.47. The van der Waals surface area contributed by atoms with Crippen LogP contribution in [-0.4, -0.2) is 23.6 Å². The van der Waals surface area contributed by atoms with Gasteiger partial charge < -0.3 is 15.4 Å². The molecule has 2 rings (SSSR count). The van der Waals surface area contributed by atoms with E-state index in [1.165, 1.54) is 0 Å². The molecule has 0 atom stereocenters. The minimum atomic E-state index is 0.626. The highest BCUT2D eigenvalue weighted by molar-refractivity contribution is 9.10. The van der Waals surface area contributed by atoms with Gasteiger partial charge in [-0.25, -0.2) is 4.98 Å². The summed E-state index contributed by atoms with van der Waals surface area (Å²) >= 11 is 3.43. The molecule has 0 spiro atoms. The van der Waals surface area contributed by atoms with Crippen LogP contribution in [0.2, 0.25) is 0 Å². The Labute approximate surface area is 126 Å². The summed E-state index contributed by atoms with van der Waals surface area (Å²) in [5.74, 6) is 2.14. The van der Waals surface area contributed by atoms with Gasteiger partial charge in [-0.1, -0.05) is 6.92 Å². The zero-order valence-electron chi connectivity index (χ0n) is 11.5. The van der Waals surface area contributed by atoms with Crippen LogP contribution in [0.1, 0.15) is 13.3 Å². The van der Waals surface area contributed by atoms with E-state index in [1.54, 1.807) is 13.3 Å². The Morgan fingerprint density at radius 2 is 2.15 bits per heavy atom. The van der Waals surface area contributed by atoms with Gasteiger partial charge in [0, 0.05) is 24.5 Å². The minimum Gasteiger partial charge on any atom is -0.495 e. The number of nitrogens with zero attached hydrogens (tertiary/aromatic N) is 2. The van der Waals surface area contributed by atoms with E-state index in [1.807, 2.05) is 24.3 Å². The third-order valence-electron chi connectivity index (χ3n) is 2.61. The predicted molar refractivity (Wildman–Crippen MR) is 84.8 cm³/mol. The maximum atomic E-state index is 5.27. The molecule has 20 heavy (non-hydrogen) atoms. The molecule has 1 aromatic heterocycles. The van der Waals surface area contributed by atoms with Crippen LogP contribution in [0, 0.1) is 0 Å². The Hall–Kier alpha value is -1.82. The van der Waals surface area contributed by atoms with Gasteiger partial charge in [-0.15, -0.1) is 0 Å². The van der Waals surface area contributed by atoms with Gasteiger partial charge in [-0.2, -0.15) is 4.98 Å². The zero-order chi connectivity index (χ0) is 14.4. The molecule has 0 saturated carbocycles. The third-order valence-corrected chi connectivity index (χ3v) is 3.27. The number of methoxy groups -OCH3 is 1. The first kappa shape index (κ1) is 14.6. The highest BCUT2D eigenvalue weighted by atomic mass is 79.9. The molecule has 0 radical (unpaired) electrons. The smallest absolute Gasteiger partial charge is 0.224 e. The maximum Gasteiger partial charge on any atom is 0.224 e. The van der Waals surface area contributed by atoms with Crippen molar-refractivity contribution in [1.29, 1.82) is 0 Å². The first-order valence-electron chi connectivity index (χ1n) is 6.40. The van der Waals surface area contributed by atoms with Crippen molar-refractivity contribution in [2.45, 2.75) is 13.3 Å². The van der Waals surface area contributed by atoms with E-state index in [-0.39, 0.29) is 0 Å². The van der Waals surface area contributed by atoms with Gasteiger partial charge in [0.1, 0.15) is 11.6 Å². The van der Waals surface area contributed by atoms with Crippen LogP contribution in [0.4, 0.5) is 17.5 Å². The Bertz CT molecular complexity index is 577. The van der Waals surface area contributed by atoms with Crippen molar-refractivity contribution in [2.24, 2.45) is 0 Å². The standard InChI is InChI=1S/C14H17BrN4O/c1-3-7-16-14-17-8-6-13(19-14)18-10-4-5-11(15)12(9-10)20-2/h4-6,8-9H,3,7H2,1-2H3,(H2,16,17,18,19). The summed E-state index contributed by atoms with van der Waals surface area (Å²) < 4.78 is 6.18. The van der Waals surface area contributed by atoms with E-state index >= 15 is 0 Å². The number of ether oxygens (including phenoxy) is 1. The third kappa shape index (κ3) is 3.84. The molecule has 5 nitrogen and oxygen atoms in total. The lowest BCUT2D eigenvalue weighted by Gasteiger charge is -2.10. The fourth-order valence-corrected chi connectivity index (χ4v) is 2.04. The predicted octanol–water partition coefficient (Wildman–Crippen LogP) is 3.81. The van der Waals surface area contributed by atoms with Crippen LogP contribution in [0.15, 0.2) is 34.9 Å². The molecular weight excluding hydrogens is 320 g/mol. The Morgan fingerprint density at radius 1 is 1.30 bits per heavy atom. The van der Waals surface area contributed by atoms with Crippen LogP contribution >= 0.6 is 15.9 Å². The van der Waals surface area contributed by atoms with Gasteiger partial charge >= 0.3 is 0 Å². The van der Waals surface area contributed by atoms with Gasteiger partial charge in [-0.05, 0) is 40.5 Å². The number of nitrogens with one attached hydrogen (secondary N) is 2. The molecule has 0 unspecified atom stereocenters. The van der Waals surface area contributed by atoms with Crippen molar-refractivity contribution < 1.29 is 4.74 Å². The first-order valence-corrected chi connectivity index (χ1v) is 7.19. The number of anilines is 3. The second kappa shape index (κ2) is 7.09. The van der Waals surface area contributed by atoms with E-state index in [2.05, 4.69) is 43.5 Å². The van der Waals surface area contributed by atoms with Gasteiger partial charge in [0.25, 0.3) is 0 Å². The lowest BCUT2D eigenvalue weighted by molar-refractivity contribution is 0.412. The molecule has 0 aliphatic heterocycles. The first-order chi connectivity index (χ1) is 9.72. The van der Waals surface area contributed by atoms with E-state index in [0.29, 0.717) is 5.95 Å². The van der Waals surface area contributed by atoms with Gasteiger partial charge in [0.15, 0.2) is 0 Å². The Balaban J connectivity index is 2.13. The minimum absolute atomic E-state index is 0.626. The number of hydrogen-bond donors (Lipinski definition) is 2. The Kier molecular flexibility index (Phi) is 5.17. The summed E-state index contributed by atoms with van der Waals surface area (Å²) in [5.41, 5.74) is 0.908. The molecule has 0 fully saturated rings. The monoisotopic (exact) mass is 336 g/mol. The summed E-state index contributed by atoms with van der Waals surface area (Å²) in [6.45, 7) is 2.96. The highest BCUT2D eigenvalue weighted by Gasteiger charge is 2.03. The Morgan fingerprint density at radius 3 is 2.90 bits per heavy atom. The largest absolute Gasteiger partial charge is 0.495 e. The second-order valence-electron chi connectivity index (χ2n) is 4.17. The summed E-state index contributed by atoms with van der Waals surface area (Å²) in [5, 5.41) is 6.39. The van der Waals surface area contributed by atoms with Gasteiger partial charge in [0.2, 0.25) is 5.95 Å². The highest BCUT2D eigenvalue weighted by Crippen LogP contribution is 2.29. The summed E-state index contributed by atoms with van der Waals surface area (Å²) in [6, 6.07) is 7.61. The number of aromatic nitrogens is 2. The van der Waals surface area contributed by atoms with Crippen LogP contribution in [0.5, 0.6) is 5.75 Å². The van der Waals surface area contributed by atoms with Crippen molar-refractivity contribution in [1.82, 2.24) is 9.97 Å². The van der Waals surface area contributed by atoms with Gasteiger partial charge in [0.05, 0.1) is 11.6 Å². The van der Waals surface area contributed by atoms with Crippen molar-refractivity contribution >= 4 is 33.4 Å². The quantitative estimate of drug-likeness (QED) is 0.839. The van der Waals surface area contributed by atoms with Crippen LogP contribution in [0.25, 0.3) is 0 Å². The number of benzene rings is 1. The lowest BCUT2D eigenvalue weighted by atomic mass is 10.3. The second-order valence-corrected chi connectivity index (χ2v) is 5.02. The number of halogens is 1.